The van der Waals surface area contributed by atoms with Crippen molar-refractivity contribution in [3.05, 3.63) is 0 Å². The molecule has 1 aliphatic rings. The van der Waals surface area contributed by atoms with Crippen molar-refractivity contribution in [2.24, 2.45) is 0 Å². The number of hydrogen-bond donors (Lipinski definition) is 3. The van der Waals surface area contributed by atoms with Gasteiger partial charge in [-0.15, -0.1) is 0 Å². The summed E-state index contributed by atoms with van der Waals surface area (Å²) in [5.41, 5.74) is 0. The van der Waals surface area contributed by atoms with Gasteiger partial charge in [0.15, 0.2) is 0 Å². The van der Waals surface area contributed by atoms with Crippen LogP contribution in [0.15, 0.2) is 0 Å². The molecule has 1 aliphatic heterocycles. The van der Waals surface area contributed by atoms with Crippen molar-refractivity contribution in [3.8, 4) is 0 Å². The highest BCUT2D eigenvalue weighted by molar-refractivity contribution is 7.89. The summed E-state index contributed by atoms with van der Waals surface area (Å²) in [5, 5.41) is 11.4. The minimum Gasteiger partial charge on any atom is -0.481 e. The van der Waals surface area contributed by atoms with Gasteiger partial charge in [-0.3, -0.25) is 4.79 Å². The number of sulfonamides is 1. The molecule has 1 saturated heterocycles. The van der Waals surface area contributed by atoms with Crippen molar-refractivity contribution < 1.29 is 18.3 Å². The SMILES string of the molecule is O=C(O)CCCS(=O)(=O)N[C@@H]1CCNC1. The summed E-state index contributed by atoms with van der Waals surface area (Å²) in [7, 11) is -3.31. The molecule has 1 rings (SSSR count). The molecule has 88 valence electrons. The largest absolute Gasteiger partial charge is 0.481 e. The minimum absolute atomic E-state index is 0.0418. The van der Waals surface area contributed by atoms with Crippen LogP contribution >= 0.6 is 0 Å². The van der Waals surface area contributed by atoms with Gasteiger partial charge in [0.05, 0.1) is 5.75 Å². The molecule has 0 aromatic rings. The smallest absolute Gasteiger partial charge is 0.303 e. The summed E-state index contributed by atoms with van der Waals surface area (Å²) >= 11 is 0. The number of nitrogens with one attached hydrogen (secondary N) is 2. The molecule has 6 nitrogen and oxygen atoms in total. The predicted octanol–water partition coefficient (Wildman–Crippen LogP) is -0.867. The third kappa shape index (κ3) is 5.10. The molecule has 0 aromatic heterocycles. The summed E-state index contributed by atoms with van der Waals surface area (Å²) in [6, 6.07) is -0.0418. The van der Waals surface area contributed by atoms with Crippen molar-refractivity contribution in [2.45, 2.75) is 25.3 Å². The fourth-order valence-corrected chi connectivity index (χ4v) is 2.83. The number of hydrogen-bond acceptors (Lipinski definition) is 4. The Morgan fingerprint density at radius 2 is 2.27 bits per heavy atom. The van der Waals surface area contributed by atoms with E-state index in [2.05, 4.69) is 10.0 Å². The van der Waals surface area contributed by atoms with Crippen LogP contribution in [0.2, 0.25) is 0 Å². The Kier molecular flexibility index (Phi) is 4.49. The van der Waals surface area contributed by atoms with E-state index in [1.54, 1.807) is 0 Å². The third-order valence-electron chi connectivity index (χ3n) is 2.21. The first kappa shape index (κ1) is 12.4. The molecule has 0 bridgehead atoms. The van der Waals surface area contributed by atoms with Gasteiger partial charge < -0.3 is 10.4 Å². The summed E-state index contributed by atoms with van der Waals surface area (Å²) in [4.78, 5) is 10.2. The predicted molar refractivity (Wildman–Crippen MR) is 55.1 cm³/mol. The van der Waals surface area contributed by atoms with Crippen molar-refractivity contribution in [1.82, 2.24) is 10.0 Å². The Bertz CT molecular complexity index is 309. The Hall–Kier alpha value is -0.660. The number of carboxylic acid groups (broad SMARTS) is 1. The maximum Gasteiger partial charge on any atom is 0.303 e. The first-order chi connectivity index (χ1) is 6.99. The van der Waals surface area contributed by atoms with Gasteiger partial charge in [0.25, 0.3) is 0 Å². The molecule has 1 atom stereocenters. The van der Waals surface area contributed by atoms with E-state index in [1.807, 2.05) is 0 Å². The van der Waals surface area contributed by atoms with E-state index in [0.29, 0.717) is 6.54 Å². The molecule has 0 aromatic carbocycles. The molecule has 0 unspecified atom stereocenters. The first-order valence-corrected chi connectivity index (χ1v) is 6.57. The maximum absolute atomic E-state index is 11.4. The Morgan fingerprint density at radius 3 is 2.80 bits per heavy atom. The molecule has 1 heterocycles. The quantitative estimate of drug-likeness (QED) is 0.557. The number of carboxylic acids is 1. The lowest BCUT2D eigenvalue weighted by atomic mass is 10.3. The van der Waals surface area contributed by atoms with Crippen molar-refractivity contribution in [1.29, 1.82) is 0 Å². The lowest BCUT2D eigenvalue weighted by Crippen LogP contribution is -2.37. The molecule has 0 radical (unpaired) electrons. The molecule has 0 spiro atoms. The highest BCUT2D eigenvalue weighted by atomic mass is 32.2. The van der Waals surface area contributed by atoms with Gasteiger partial charge in [-0.25, -0.2) is 13.1 Å². The first-order valence-electron chi connectivity index (χ1n) is 4.92. The second-order valence-electron chi connectivity index (χ2n) is 3.62. The standard InChI is InChI=1S/C8H16N2O4S/c11-8(12)2-1-5-15(13,14)10-7-3-4-9-6-7/h7,9-10H,1-6H2,(H,11,12)/t7-/m1/s1. The normalized spacial score (nSPS) is 21.7. The van der Waals surface area contributed by atoms with E-state index < -0.39 is 16.0 Å². The van der Waals surface area contributed by atoms with Crippen LogP contribution in [-0.2, 0) is 14.8 Å². The van der Waals surface area contributed by atoms with E-state index in [-0.39, 0.29) is 24.6 Å². The van der Waals surface area contributed by atoms with Gasteiger partial charge in [0, 0.05) is 19.0 Å². The van der Waals surface area contributed by atoms with Crippen LogP contribution in [0.1, 0.15) is 19.3 Å². The van der Waals surface area contributed by atoms with Gasteiger partial charge in [-0.2, -0.15) is 0 Å². The van der Waals surface area contributed by atoms with Gasteiger partial charge in [0.2, 0.25) is 10.0 Å². The molecule has 15 heavy (non-hydrogen) atoms. The lowest BCUT2D eigenvalue weighted by Gasteiger charge is -2.11. The average molecular weight is 236 g/mol. The van der Waals surface area contributed by atoms with Crippen molar-refractivity contribution >= 4 is 16.0 Å². The molecule has 3 N–H and O–H groups in total. The van der Waals surface area contributed by atoms with E-state index in [0.717, 1.165) is 13.0 Å². The van der Waals surface area contributed by atoms with Crippen molar-refractivity contribution in [3.63, 3.8) is 0 Å². The molecule has 0 saturated carbocycles. The lowest BCUT2D eigenvalue weighted by molar-refractivity contribution is -0.137. The minimum atomic E-state index is -3.31. The zero-order valence-electron chi connectivity index (χ0n) is 8.40. The summed E-state index contributed by atoms with van der Waals surface area (Å²) in [5.74, 6) is -1.08. The van der Waals surface area contributed by atoms with Crippen LogP contribution < -0.4 is 10.0 Å². The fraction of sp³-hybridized carbons (Fsp3) is 0.875. The third-order valence-corrected chi connectivity index (χ3v) is 3.73. The summed E-state index contributed by atoms with van der Waals surface area (Å²) in [6.45, 7) is 1.47. The van der Waals surface area contributed by atoms with Gasteiger partial charge in [0.1, 0.15) is 0 Å². The van der Waals surface area contributed by atoms with E-state index in [1.165, 1.54) is 0 Å². The van der Waals surface area contributed by atoms with E-state index in [4.69, 9.17) is 5.11 Å². The molecular weight excluding hydrogens is 220 g/mol. The fourth-order valence-electron chi connectivity index (χ4n) is 1.48. The Morgan fingerprint density at radius 1 is 1.53 bits per heavy atom. The van der Waals surface area contributed by atoms with Crippen LogP contribution in [-0.4, -0.2) is 44.4 Å². The molecule has 1 fully saturated rings. The van der Waals surface area contributed by atoms with Gasteiger partial charge in [-0.1, -0.05) is 0 Å². The number of aliphatic carboxylic acids is 1. The van der Waals surface area contributed by atoms with Crippen LogP contribution in [0.25, 0.3) is 0 Å². The summed E-state index contributed by atoms with van der Waals surface area (Å²) < 4.78 is 25.4. The van der Waals surface area contributed by atoms with E-state index >= 15 is 0 Å². The highest BCUT2D eigenvalue weighted by Crippen LogP contribution is 2.02. The Balaban J connectivity index is 2.28. The van der Waals surface area contributed by atoms with Crippen molar-refractivity contribution in [2.75, 3.05) is 18.8 Å². The number of carbonyl (C=O) groups is 1. The average Bonchev–Trinajstić information content (AvgIpc) is 2.54. The molecule has 7 heteroatoms. The number of rotatable bonds is 6. The summed E-state index contributed by atoms with van der Waals surface area (Å²) in [6.07, 6.45) is 0.840. The monoisotopic (exact) mass is 236 g/mol. The van der Waals surface area contributed by atoms with Crippen LogP contribution in [0, 0.1) is 0 Å². The van der Waals surface area contributed by atoms with Gasteiger partial charge in [-0.05, 0) is 19.4 Å². The topological polar surface area (TPSA) is 95.5 Å². The van der Waals surface area contributed by atoms with Crippen LogP contribution in [0.5, 0.6) is 0 Å². The van der Waals surface area contributed by atoms with Gasteiger partial charge >= 0.3 is 5.97 Å². The second-order valence-corrected chi connectivity index (χ2v) is 5.50. The second kappa shape index (κ2) is 5.43. The van der Waals surface area contributed by atoms with Crippen LogP contribution in [0.3, 0.4) is 0 Å². The zero-order chi connectivity index (χ0) is 11.3. The van der Waals surface area contributed by atoms with E-state index in [9.17, 15) is 13.2 Å². The van der Waals surface area contributed by atoms with Crippen LogP contribution in [0.4, 0.5) is 0 Å². The molecule has 0 aliphatic carbocycles. The maximum atomic E-state index is 11.4. The highest BCUT2D eigenvalue weighted by Gasteiger charge is 2.20. The molecular formula is C8H16N2O4S. The Labute approximate surface area is 89.1 Å². The molecule has 0 amide bonds. The zero-order valence-corrected chi connectivity index (χ0v) is 9.22.